The number of carbonyl (C=O) groups is 1. The molecule has 6 nitrogen and oxygen atoms in total. The van der Waals surface area contributed by atoms with Crippen molar-refractivity contribution in [3.05, 3.63) is 60.6 Å². The summed E-state index contributed by atoms with van der Waals surface area (Å²) in [4.78, 5) is 15.6. The van der Waals surface area contributed by atoms with Gasteiger partial charge in [-0.3, -0.25) is 9.52 Å². The molecule has 0 aliphatic heterocycles. The Hall–Kier alpha value is -2.67. The molecule has 22 heavy (non-hydrogen) atoms. The summed E-state index contributed by atoms with van der Waals surface area (Å²) in [6.07, 6.45) is 5.09. The molecule has 112 valence electrons. The molecule has 0 saturated carbocycles. The van der Waals surface area contributed by atoms with Crippen LogP contribution in [0.2, 0.25) is 0 Å². The van der Waals surface area contributed by atoms with Crippen molar-refractivity contribution in [1.29, 1.82) is 0 Å². The second kappa shape index (κ2) is 5.27. The van der Waals surface area contributed by atoms with E-state index in [-0.39, 0.29) is 10.7 Å². The number of hydrogen-bond acceptors (Lipinski definition) is 4. The van der Waals surface area contributed by atoms with Gasteiger partial charge in [0.25, 0.3) is 10.0 Å². The molecule has 0 bridgehead atoms. The molecule has 2 heterocycles. The van der Waals surface area contributed by atoms with E-state index in [1.165, 1.54) is 19.1 Å². The van der Waals surface area contributed by atoms with E-state index in [4.69, 9.17) is 0 Å². The number of nitrogens with one attached hydrogen (secondary N) is 1. The molecule has 0 radical (unpaired) electrons. The Kier molecular flexibility index (Phi) is 3.42. The molecule has 0 aliphatic rings. The van der Waals surface area contributed by atoms with E-state index in [0.29, 0.717) is 16.9 Å². The van der Waals surface area contributed by atoms with Crippen molar-refractivity contribution in [2.24, 2.45) is 0 Å². The molecule has 3 rings (SSSR count). The highest BCUT2D eigenvalue weighted by Gasteiger charge is 2.17. The standard InChI is InChI=1S/C15H13N3O3S/c1-11(19)12-4-2-5-13(10-12)22(20,21)17-14-6-3-8-18-9-7-16-15(14)18/h2-10,17H,1H3. The number of hydrogen-bond donors (Lipinski definition) is 1. The van der Waals surface area contributed by atoms with Gasteiger partial charge >= 0.3 is 0 Å². The van der Waals surface area contributed by atoms with Crippen molar-refractivity contribution >= 4 is 27.1 Å². The number of pyridine rings is 1. The zero-order valence-electron chi connectivity index (χ0n) is 11.7. The van der Waals surface area contributed by atoms with Crippen LogP contribution in [0.1, 0.15) is 17.3 Å². The van der Waals surface area contributed by atoms with Gasteiger partial charge in [0.2, 0.25) is 0 Å². The van der Waals surface area contributed by atoms with Gasteiger partial charge in [0.1, 0.15) is 0 Å². The van der Waals surface area contributed by atoms with Crippen LogP contribution in [0, 0.1) is 0 Å². The van der Waals surface area contributed by atoms with Crippen LogP contribution < -0.4 is 4.72 Å². The lowest BCUT2D eigenvalue weighted by Crippen LogP contribution is -2.14. The third-order valence-electron chi connectivity index (χ3n) is 3.21. The smallest absolute Gasteiger partial charge is 0.262 e. The molecule has 0 fully saturated rings. The third kappa shape index (κ3) is 2.58. The molecule has 0 amide bonds. The molecule has 0 saturated heterocycles. The maximum atomic E-state index is 12.5. The summed E-state index contributed by atoms with van der Waals surface area (Å²) in [6.45, 7) is 1.39. The van der Waals surface area contributed by atoms with Crippen molar-refractivity contribution < 1.29 is 13.2 Å². The predicted octanol–water partition coefficient (Wildman–Crippen LogP) is 2.34. The van der Waals surface area contributed by atoms with E-state index in [2.05, 4.69) is 9.71 Å². The topological polar surface area (TPSA) is 80.5 Å². The van der Waals surface area contributed by atoms with Crippen molar-refractivity contribution in [2.45, 2.75) is 11.8 Å². The normalized spacial score (nSPS) is 11.5. The molecule has 1 aromatic carbocycles. The predicted molar refractivity (Wildman–Crippen MR) is 82.4 cm³/mol. The van der Waals surface area contributed by atoms with E-state index < -0.39 is 10.0 Å². The molecule has 1 N–H and O–H groups in total. The van der Waals surface area contributed by atoms with E-state index >= 15 is 0 Å². The van der Waals surface area contributed by atoms with Gasteiger partial charge in [-0.25, -0.2) is 13.4 Å². The zero-order valence-corrected chi connectivity index (χ0v) is 12.5. The second-order valence-corrected chi connectivity index (χ2v) is 6.45. The van der Waals surface area contributed by atoms with Crippen molar-refractivity contribution in [3.63, 3.8) is 0 Å². The van der Waals surface area contributed by atoms with Crippen LogP contribution in [0.25, 0.3) is 5.65 Å². The van der Waals surface area contributed by atoms with Crippen molar-refractivity contribution in [1.82, 2.24) is 9.38 Å². The SMILES string of the molecule is CC(=O)c1cccc(S(=O)(=O)Nc2cccn3ccnc23)c1. The molecule has 7 heteroatoms. The summed E-state index contributed by atoms with van der Waals surface area (Å²) >= 11 is 0. The lowest BCUT2D eigenvalue weighted by molar-refractivity contribution is 0.101. The largest absolute Gasteiger partial charge is 0.305 e. The molecule has 0 atom stereocenters. The number of fused-ring (bicyclic) bond motifs is 1. The molecule has 2 aromatic heterocycles. The highest BCUT2D eigenvalue weighted by atomic mass is 32.2. The number of anilines is 1. The van der Waals surface area contributed by atoms with Gasteiger partial charge in [-0.15, -0.1) is 0 Å². The summed E-state index contributed by atoms with van der Waals surface area (Å²) < 4.78 is 29.2. The fourth-order valence-corrected chi connectivity index (χ4v) is 3.22. The van der Waals surface area contributed by atoms with Crippen LogP contribution in [-0.4, -0.2) is 23.6 Å². The van der Waals surface area contributed by atoms with Gasteiger partial charge in [-0.05, 0) is 31.2 Å². The van der Waals surface area contributed by atoms with Crippen LogP contribution in [0.4, 0.5) is 5.69 Å². The fraction of sp³-hybridized carbons (Fsp3) is 0.0667. The van der Waals surface area contributed by atoms with Gasteiger partial charge < -0.3 is 4.40 Å². The average molecular weight is 315 g/mol. The third-order valence-corrected chi connectivity index (χ3v) is 4.58. The molecule has 0 aliphatic carbocycles. The van der Waals surface area contributed by atoms with E-state index in [1.807, 2.05) is 0 Å². The Bertz CT molecular complexity index is 961. The second-order valence-electron chi connectivity index (χ2n) is 4.77. The summed E-state index contributed by atoms with van der Waals surface area (Å²) in [5.41, 5.74) is 1.23. The first-order valence-corrected chi connectivity index (χ1v) is 8.01. The number of rotatable bonds is 4. The summed E-state index contributed by atoms with van der Waals surface area (Å²) in [7, 11) is -3.79. The van der Waals surface area contributed by atoms with Gasteiger partial charge in [-0.1, -0.05) is 12.1 Å². The maximum Gasteiger partial charge on any atom is 0.262 e. The summed E-state index contributed by atoms with van der Waals surface area (Å²) in [5.74, 6) is -0.188. The minimum atomic E-state index is -3.79. The molecular weight excluding hydrogens is 302 g/mol. The highest BCUT2D eigenvalue weighted by Crippen LogP contribution is 2.20. The lowest BCUT2D eigenvalue weighted by Gasteiger charge is -2.09. The minimum absolute atomic E-state index is 0.0359. The van der Waals surface area contributed by atoms with Crippen LogP contribution in [-0.2, 0) is 10.0 Å². The van der Waals surface area contributed by atoms with Crippen molar-refractivity contribution in [3.8, 4) is 0 Å². The lowest BCUT2D eigenvalue weighted by atomic mass is 10.2. The highest BCUT2D eigenvalue weighted by molar-refractivity contribution is 7.92. The Morgan fingerprint density at radius 2 is 2.00 bits per heavy atom. The van der Waals surface area contributed by atoms with Gasteiger partial charge in [0.05, 0.1) is 10.6 Å². The summed E-state index contributed by atoms with van der Waals surface area (Å²) in [5, 5.41) is 0. The van der Waals surface area contributed by atoms with E-state index in [0.717, 1.165) is 0 Å². The Morgan fingerprint density at radius 3 is 2.77 bits per heavy atom. The minimum Gasteiger partial charge on any atom is -0.305 e. The fourth-order valence-electron chi connectivity index (χ4n) is 2.11. The monoisotopic (exact) mass is 315 g/mol. The van der Waals surface area contributed by atoms with Crippen LogP contribution in [0.15, 0.2) is 59.9 Å². The van der Waals surface area contributed by atoms with E-state index in [9.17, 15) is 13.2 Å². The molecule has 3 aromatic rings. The maximum absolute atomic E-state index is 12.5. The number of aromatic nitrogens is 2. The molecule has 0 spiro atoms. The Morgan fingerprint density at radius 1 is 1.18 bits per heavy atom. The Balaban J connectivity index is 2.02. The number of ketones is 1. The summed E-state index contributed by atoms with van der Waals surface area (Å²) in [6, 6.07) is 9.28. The average Bonchev–Trinajstić information content (AvgIpc) is 2.97. The Labute approximate surface area is 127 Å². The molecular formula is C15H13N3O3S. The first-order valence-electron chi connectivity index (χ1n) is 6.53. The number of benzene rings is 1. The van der Waals surface area contributed by atoms with Crippen molar-refractivity contribution in [2.75, 3.05) is 4.72 Å². The van der Waals surface area contributed by atoms with Gasteiger partial charge in [-0.2, -0.15) is 0 Å². The van der Waals surface area contributed by atoms with E-state index in [1.54, 1.807) is 47.3 Å². The molecule has 0 unspecified atom stereocenters. The number of imidazole rings is 1. The zero-order chi connectivity index (χ0) is 15.7. The van der Waals surface area contributed by atoms with Crippen LogP contribution in [0.5, 0.6) is 0 Å². The number of carbonyl (C=O) groups excluding carboxylic acids is 1. The number of Topliss-reactive ketones (excluding diaryl/α,β-unsaturated/α-hetero) is 1. The van der Waals surface area contributed by atoms with Crippen LogP contribution in [0.3, 0.4) is 0 Å². The first kappa shape index (κ1) is 14.3. The van der Waals surface area contributed by atoms with Gasteiger partial charge in [0, 0.05) is 24.2 Å². The first-order chi connectivity index (χ1) is 10.5. The van der Waals surface area contributed by atoms with Gasteiger partial charge in [0.15, 0.2) is 11.4 Å². The van der Waals surface area contributed by atoms with Crippen LogP contribution >= 0.6 is 0 Å². The number of sulfonamides is 1. The number of nitrogens with zero attached hydrogens (tertiary/aromatic N) is 2. The quantitative estimate of drug-likeness (QED) is 0.749.